The number of carbonyl (C=O) groups is 2. The van der Waals surface area contributed by atoms with Gasteiger partial charge >= 0.3 is 11.9 Å². The number of sulfonamides is 1. The molecule has 2 aromatic rings. The monoisotopic (exact) mass is 569 g/mol. The maximum atomic E-state index is 13.8. The number of nitrogens with one attached hydrogen (secondary N) is 1. The third-order valence-electron chi connectivity index (χ3n) is 9.01. The number of piperidine rings is 1. The summed E-state index contributed by atoms with van der Waals surface area (Å²) in [5, 5.41) is 22.8. The predicted octanol–water partition coefficient (Wildman–Crippen LogP) is 3.03. The molecule has 2 saturated heterocycles. The van der Waals surface area contributed by atoms with E-state index in [1.165, 1.54) is 4.31 Å². The van der Waals surface area contributed by atoms with Crippen molar-refractivity contribution < 1.29 is 28.2 Å². The third-order valence-corrected chi connectivity index (χ3v) is 10.8. The first-order chi connectivity index (χ1) is 19.2. The molecule has 0 aromatic heterocycles. The van der Waals surface area contributed by atoms with E-state index in [0.29, 0.717) is 43.5 Å². The highest BCUT2D eigenvalue weighted by atomic mass is 32.2. The summed E-state index contributed by atoms with van der Waals surface area (Å²) in [6.07, 6.45) is 3.68. The van der Waals surface area contributed by atoms with Crippen LogP contribution in [0.5, 0.6) is 0 Å². The number of hydrogen-bond acceptors (Lipinski definition) is 6. The summed E-state index contributed by atoms with van der Waals surface area (Å²) in [5.74, 6) is -0.855. The zero-order valence-corrected chi connectivity index (χ0v) is 23.5. The Bertz CT molecular complexity index is 1270. The normalized spacial score (nSPS) is 29.2. The molecule has 2 aromatic carbocycles. The van der Waals surface area contributed by atoms with Gasteiger partial charge in [-0.15, -0.1) is 0 Å². The van der Waals surface area contributed by atoms with Crippen molar-refractivity contribution >= 4 is 22.0 Å². The van der Waals surface area contributed by atoms with E-state index in [1.54, 1.807) is 12.1 Å². The molecular weight excluding hydrogens is 530 g/mol. The lowest BCUT2D eigenvalue weighted by molar-refractivity contribution is -0.143. The van der Waals surface area contributed by atoms with E-state index < -0.39 is 40.1 Å². The molecule has 1 aliphatic carbocycles. The van der Waals surface area contributed by atoms with Crippen molar-refractivity contribution in [1.82, 2.24) is 14.5 Å². The second-order valence-electron chi connectivity index (χ2n) is 11.7. The lowest BCUT2D eigenvalue weighted by Crippen LogP contribution is -2.50. The molecule has 2 aliphatic heterocycles. The average Bonchev–Trinajstić information content (AvgIpc) is 3.35. The highest BCUT2D eigenvalue weighted by molar-refractivity contribution is 7.88. The van der Waals surface area contributed by atoms with Crippen molar-refractivity contribution in [1.29, 1.82) is 0 Å². The Balaban J connectivity index is 1.33. The molecule has 0 unspecified atom stereocenters. The second-order valence-corrected chi connectivity index (χ2v) is 13.6. The van der Waals surface area contributed by atoms with E-state index in [-0.39, 0.29) is 24.6 Å². The van der Waals surface area contributed by atoms with Crippen LogP contribution in [0.2, 0.25) is 0 Å². The number of likely N-dealkylation sites (tertiary alicyclic amines) is 1. The van der Waals surface area contributed by atoms with Gasteiger partial charge in [-0.25, -0.2) is 8.42 Å². The zero-order chi connectivity index (χ0) is 28.3. The van der Waals surface area contributed by atoms with Gasteiger partial charge in [0.15, 0.2) is 0 Å². The molecule has 1 saturated carbocycles. The number of rotatable bonds is 10. The molecule has 2 heterocycles. The average molecular weight is 570 g/mol. The Hall–Kier alpha value is -2.79. The van der Waals surface area contributed by atoms with Crippen LogP contribution in [0.15, 0.2) is 60.7 Å². The summed E-state index contributed by atoms with van der Waals surface area (Å²) in [4.78, 5) is 25.9. The van der Waals surface area contributed by atoms with Gasteiger partial charge in [0.2, 0.25) is 10.0 Å². The first-order valence-electron chi connectivity index (χ1n) is 14.2. The van der Waals surface area contributed by atoms with E-state index in [4.69, 9.17) is 0 Å². The Morgan fingerprint density at radius 1 is 0.875 bits per heavy atom. The van der Waals surface area contributed by atoms with Crippen molar-refractivity contribution in [3.8, 4) is 0 Å². The predicted molar refractivity (Wildman–Crippen MR) is 151 cm³/mol. The number of aliphatic carboxylic acids is 2. The van der Waals surface area contributed by atoms with E-state index in [1.807, 2.05) is 53.4 Å². The van der Waals surface area contributed by atoms with Crippen molar-refractivity contribution in [2.45, 2.75) is 62.5 Å². The number of hydrogen-bond donors (Lipinski definition) is 3. The van der Waals surface area contributed by atoms with E-state index >= 15 is 0 Å². The van der Waals surface area contributed by atoms with Crippen LogP contribution in [0.3, 0.4) is 0 Å². The SMILES string of the molecule is O=C(O)[C@@H]1C[C@H]2C[C@@H](CN3C[C@@H](N(Cc4ccccc4)S(=O)(=O)Cc4ccccc4)C[C@H]3C(=O)O)CC[C@H]2CN1. The smallest absolute Gasteiger partial charge is 0.320 e. The standard InChI is InChI=1S/C30H39N3O6S/c34-29(35)27-14-25-13-23(11-12-24(25)16-31-27)17-32-19-26(15-28(32)30(36)37)33(18-21-7-3-1-4-8-21)40(38,39)20-22-9-5-2-6-10-22/h1-10,23-28,31H,11-20H2,(H,34,35)(H,36,37)/t23-,24-,25+,26-,27-,28-/m0/s1. The van der Waals surface area contributed by atoms with Gasteiger partial charge in [-0.2, -0.15) is 4.31 Å². The quantitative estimate of drug-likeness (QED) is 0.399. The molecule has 40 heavy (non-hydrogen) atoms. The van der Waals surface area contributed by atoms with Gasteiger partial charge in [0.25, 0.3) is 0 Å². The van der Waals surface area contributed by atoms with Crippen LogP contribution in [0.4, 0.5) is 0 Å². The van der Waals surface area contributed by atoms with Crippen LogP contribution in [0.1, 0.15) is 43.2 Å². The summed E-state index contributed by atoms with van der Waals surface area (Å²) in [7, 11) is -3.74. The lowest BCUT2D eigenvalue weighted by atomic mass is 9.69. The van der Waals surface area contributed by atoms with E-state index in [0.717, 1.165) is 24.8 Å². The number of fused-ring (bicyclic) bond motifs is 1. The van der Waals surface area contributed by atoms with Gasteiger partial charge in [0.1, 0.15) is 12.1 Å². The van der Waals surface area contributed by atoms with Gasteiger partial charge < -0.3 is 15.5 Å². The molecule has 216 valence electrons. The largest absolute Gasteiger partial charge is 0.480 e. The van der Waals surface area contributed by atoms with Crippen LogP contribution in [-0.4, -0.2) is 77.5 Å². The van der Waals surface area contributed by atoms with Crippen molar-refractivity contribution in [3.05, 3.63) is 71.8 Å². The highest BCUT2D eigenvalue weighted by Gasteiger charge is 2.45. The van der Waals surface area contributed by atoms with Gasteiger partial charge in [-0.05, 0) is 67.5 Å². The van der Waals surface area contributed by atoms with Crippen LogP contribution < -0.4 is 5.32 Å². The molecule has 3 fully saturated rings. The second kappa shape index (κ2) is 12.4. The minimum atomic E-state index is -3.74. The molecule has 0 spiro atoms. The van der Waals surface area contributed by atoms with Crippen molar-refractivity contribution in [3.63, 3.8) is 0 Å². The van der Waals surface area contributed by atoms with Crippen LogP contribution in [0, 0.1) is 17.8 Å². The Labute approximate surface area is 236 Å². The molecule has 5 rings (SSSR count). The number of carboxylic acids is 2. The van der Waals surface area contributed by atoms with Crippen molar-refractivity contribution in [2.75, 3.05) is 19.6 Å². The maximum Gasteiger partial charge on any atom is 0.320 e. The molecule has 10 heteroatoms. The summed E-state index contributed by atoms with van der Waals surface area (Å²) >= 11 is 0. The van der Waals surface area contributed by atoms with E-state index in [2.05, 4.69) is 5.32 Å². The summed E-state index contributed by atoms with van der Waals surface area (Å²) in [6, 6.07) is 16.8. The molecule has 9 nitrogen and oxygen atoms in total. The number of benzene rings is 2. The topological polar surface area (TPSA) is 127 Å². The number of carboxylic acid groups (broad SMARTS) is 2. The summed E-state index contributed by atoms with van der Waals surface area (Å²) < 4.78 is 29.1. The van der Waals surface area contributed by atoms with Gasteiger partial charge in [-0.1, -0.05) is 60.7 Å². The van der Waals surface area contributed by atoms with Crippen molar-refractivity contribution in [2.24, 2.45) is 17.8 Å². The molecule has 3 N–H and O–H groups in total. The fourth-order valence-corrected chi connectivity index (χ4v) is 8.71. The Morgan fingerprint density at radius 3 is 2.20 bits per heavy atom. The summed E-state index contributed by atoms with van der Waals surface area (Å²) in [6.45, 7) is 1.85. The zero-order valence-electron chi connectivity index (χ0n) is 22.6. The number of nitrogens with zero attached hydrogens (tertiary/aromatic N) is 2. The van der Waals surface area contributed by atoms with Crippen LogP contribution >= 0.6 is 0 Å². The Kier molecular flexibility index (Phi) is 8.89. The minimum absolute atomic E-state index is 0.139. The lowest BCUT2D eigenvalue weighted by Gasteiger charge is -2.42. The van der Waals surface area contributed by atoms with Crippen LogP contribution in [-0.2, 0) is 31.9 Å². The third kappa shape index (κ3) is 6.74. The molecule has 0 radical (unpaired) electrons. The fraction of sp³-hybridized carbons (Fsp3) is 0.533. The van der Waals surface area contributed by atoms with Crippen LogP contribution in [0.25, 0.3) is 0 Å². The molecular formula is C30H39N3O6S. The highest BCUT2D eigenvalue weighted by Crippen LogP contribution is 2.40. The van der Waals surface area contributed by atoms with Gasteiger partial charge in [0.05, 0.1) is 5.75 Å². The Morgan fingerprint density at radius 2 is 1.55 bits per heavy atom. The molecule has 6 atom stereocenters. The fourth-order valence-electron chi connectivity index (χ4n) is 6.98. The molecule has 0 amide bonds. The first kappa shape index (κ1) is 28.7. The molecule has 3 aliphatic rings. The molecule has 0 bridgehead atoms. The first-order valence-corrected chi connectivity index (χ1v) is 15.8. The summed E-state index contributed by atoms with van der Waals surface area (Å²) in [5.41, 5.74) is 1.56. The van der Waals surface area contributed by atoms with Gasteiger partial charge in [0, 0.05) is 25.7 Å². The van der Waals surface area contributed by atoms with E-state index in [9.17, 15) is 28.2 Å². The minimum Gasteiger partial charge on any atom is -0.480 e. The maximum absolute atomic E-state index is 13.8. The van der Waals surface area contributed by atoms with Gasteiger partial charge in [-0.3, -0.25) is 14.5 Å².